The molecule has 1 aromatic carbocycles. The molecule has 29 heavy (non-hydrogen) atoms. The van der Waals surface area contributed by atoms with E-state index in [1.807, 2.05) is 12.1 Å². The van der Waals surface area contributed by atoms with Gasteiger partial charge in [-0.3, -0.25) is 9.59 Å². The Labute approximate surface area is 172 Å². The lowest BCUT2D eigenvalue weighted by Crippen LogP contribution is -2.42. The number of benzene rings is 1. The molecule has 1 aliphatic carbocycles. The molecule has 1 aliphatic heterocycles. The number of likely N-dealkylation sites (tertiary alicyclic amines) is 1. The molecule has 0 atom stereocenters. The van der Waals surface area contributed by atoms with E-state index in [0.717, 1.165) is 12.8 Å². The summed E-state index contributed by atoms with van der Waals surface area (Å²) in [6, 6.07) is 5.91. The minimum atomic E-state index is -0.942. The van der Waals surface area contributed by atoms with Gasteiger partial charge in [-0.05, 0) is 59.8 Å². The number of hydrogen-bond donors (Lipinski definition) is 2. The molecular weight excluding hydrogens is 368 g/mol. The van der Waals surface area contributed by atoms with Crippen molar-refractivity contribution >= 4 is 17.8 Å². The summed E-state index contributed by atoms with van der Waals surface area (Å²) in [5.41, 5.74) is 3.22. The van der Waals surface area contributed by atoms with Crippen LogP contribution in [-0.4, -0.2) is 47.4 Å². The van der Waals surface area contributed by atoms with Gasteiger partial charge in [0.1, 0.15) is 0 Å². The summed E-state index contributed by atoms with van der Waals surface area (Å²) in [7, 11) is 0. The molecule has 1 aromatic rings. The van der Waals surface area contributed by atoms with Gasteiger partial charge >= 0.3 is 6.09 Å². The molecule has 0 saturated carbocycles. The number of carboxylic acid groups (broad SMARTS) is 1. The van der Waals surface area contributed by atoms with E-state index in [2.05, 4.69) is 39.1 Å². The van der Waals surface area contributed by atoms with Crippen molar-refractivity contribution < 1.29 is 19.5 Å². The monoisotopic (exact) mass is 400 g/mol. The summed E-state index contributed by atoms with van der Waals surface area (Å²) in [6.07, 6.45) is 2.29. The number of carbonyl (C=O) groups is 3. The van der Waals surface area contributed by atoms with Crippen molar-refractivity contribution in [3.8, 4) is 0 Å². The van der Waals surface area contributed by atoms with Crippen LogP contribution in [0.1, 0.15) is 74.9 Å². The third kappa shape index (κ3) is 4.46. The highest BCUT2D eigenvalue weighted by Crippen LogP contribution is 2.45. The Morgan fingerprint density at radius 1 is 1.03 bits per heavy atom. The topological polar surface area (TPSA) is 86.7 Å². The Hall–Kier alpha value is -2.37. The number of Topliss-reactive ketones (excluding diaryl/α,β-unsaturated/α-hetero) is 1. The molecule has 2 N–H and O–H groups in total. The lowest BCUT2D eigenvalue weighted by Gasteiger charge is -2.42. The molecule has 0 unspecified atom stereocenters. The second-order valence-electron chi connectivity index (χ2n) is 9.72. The van der Waals surface area contributed by atoms with E-state index in [1.165, 1.54) is 16.0 Å². The molecule has 2 amide bonds. The van der Waals surface area contributed by atoms with Crippen LogP contribution in [-0.2, 0) is 15.6 Å². The number of nitrogens with zero attached hydrogens (tertiary/aromatic N) is 1. The van der Waals surface area contributed by atoms with E-state index in [1.54, 1.807) is 0 Å². The van der Waals surface area contributed by atoms with Crippen LogP contribution in [0.5, 0.6) is 0 Å². The maximum absolute atomic E-state index is 12.7. The van der Waals surface area contributed by atoms with Crippen molar-refractivity contribution in [3.05, 3.63) is 34.9 Å². The summed E-state index contributed by atoms with van der Waals surface area (Å²) in [5.74, 6) is -0.444. The summed E-state index contributed by atoms with van der Waals surface area (Å²) in [5, 5.41) is 11.8. The fourth-order valence-corrected chi connectivity index (χ4v) is 4.54. The highest BCUT2D eigenvalue weighted by Gasteiger charge is 2.37. The molecule has 6 nitrogen and oxygen atoms in total. The Morgan fingerprint density at radius 2 is 1.62 bits per heavy atom. The fraction of sp³-hybridized carbons (Fsp3) is 0.609. The average molecular weight is 401 g/mol. The molecule has 6 heteroatoms. The van der Waals surface area contributed by atoms with Crippen molar-refractivity contribution in [2.24, 2.45) is 5.92 Å². The van der Waals surface area contributed by atoms with Crippen molar-refractivity contribution in [2.75, 3.05) is 19.6 Å². The number of hydrogen-bond acceptors (Lipinski definition) is 3. The van der Waals surface area contributed by atoms with E-state index >= 15 is 0 Å². The van der Waals surface area contributed by atoms with Gasteiger partial charge in [0.05, 0.1) is 6.54 Å². The summed E-state index contributed by atoms with van der Waals surface area (Å²) in [6.45, 7) is 9.66. The van der Waals surface area contributed by atoms with Crippen LogP contribution in [0.2, 0.25) is 0 Å². The smallest absolute Gasteiger partial charge is 0.407 e. The zero-order valence-corrected chi connectivity index (χ0v) is 17.9. The molecule has 0 spiro atoms. The molecule has 3 rings (SSSR count). The summed E-state index contributed by atoms with van der Waals surface area (Å²) < 4.78 is 0. The largest absolute Gasteiger partial charge is 0.465 e. The fourth-order valence-electron chi connectivity index (χ4n) is 4.54. The Morgan fingerprint density at radius 3 is 2.21 bits per heavy atom. The normalized spacial score (nSPS) is 20.6. The van der Waals surface area contributed by atoms with Gasteiger partial charge < -0.3 is 15.3 Å². The predicted molar refractivity (Wildman–Crippen MR) is 111 cm³/mol. The van der Waals surface area contributed by atoms with Crippen LogP contribution >= 0.6 is 0 Å². The quantitative estimate of drug-likeness (QED) is 0.806. The second-order valence-corrected chi connectivity index (χ2v) is 9.72. The lowest BCUT2D eigenvalue weighted by atomic mass is 9.63. The van der Waals surface area contributed by atoms with Crippen molar-refractivity contribution in [1.29, 1.82) is 0 Å². The van der Waals surface area contributed by atoms with E-state index in [0.29, 0.717) is 31.5 Å². The first-order valence-corrected chi connectivity index (χ1v) is 10.4. The molecule has 1 fully saturated rings. The highest BCUT2D eigenvalue weighted by atomic mass is 16.4. The SMILES string of the molecule is CC1(C)CCC(C)(C)c2cc(C(=O)NCC(=O)C3CCN(C(=O)O)CC3)ccc21. The van der Waals surface area contributed by atoms with Crippen LogP contribution in [0.25, 0.3) is 0 Å². The van der Waals surface area contributed by atoms with Gasteiger partial charge in [-0.1, -0.05) is 33.8 Å². The number of nitrogens with one attached hydrogen (secondary N) is 1. The number of fused-ring (bicyclic) bond motifs is 1. The minimum Gasteiger partial charge on any atom is -0.465 e. The van der Waals surface area contributed by atoms with Crippen LogP contribution in [0, 0.1) is 5.92 Å². The maximum atomic E-state index is 12.7. The first-order chi connectivity index (χ1) is 13.5. The second kappa shape index (κ2) is 7.81. The Balaban J connectivity index is 1.63. The van der Waals surface area contributed by atoms with Gasteiger partial charge in [-0.15, -0.1) is 0 Å². The molecule has 1 heterocycles. The van der Waals surface area contributed by atoms with Crippen LogP contribution in [0.15, 0.2) is 18.2 Å². The van der Waals surface area contributed by atoms with Gasteiger partial charge in [0.15, 0.2) is 5.78 Å². The van der Waals surface area contributed by atoms with Crippen LogP contribution < -0.4 is 5.32 Å². The number of ketones is 1. The maximum Gasteiger partial charge on any atom is 0.407 e. The predicted octanol–water partition coefficient (Wildman–Crippen LogP) is 3.72. The van der Waals surface area contributed by atoms with Gasteiger partial charge in [0.2, 0.25) is 0 Å². The molecular formula is C23H32N2O4. The standard InChI is InChI=1S/C23H32N2O4/c1-22(2)9-10-23(3,4)18-13-16(5-6-17(18)22)20(27)24-14-19(26)15-7-11-25(12-8-15)21(28)29/h5-6,13,15H,7-12,14H2,1-4H3,(H,24,27)(H,28,29). The Kier molecular flexibility index (Phi) is 5.74. The molecule has 0 radical (unpaired) electrons. The van der Waals surface area contributed by atoms with Gasteiger partial charge in [0.25, 0.3) is 5.91 Å². The van der Waals surface area contributed by atoms with E-state index in [4.69, 9.17) is 5.11 Å². The summed E-state index contributed by atoms with van der Waals surface area (Å²) in [4.78, 5) is 37.4. The van der Waals surface area contributed by atoms with Crippen molar-refractivity contribution in [3.63, 3.8) is 0 Å². The molecule has 0 bridgehead atoms. The number of amides is 2. The molecule has 158 valence electrons. The average Bonchev–Trinajstić information content (AvgIpc) is 2.69. The molecule has 2 aliphatic rings. The summed E-state index contributed by atoms with van der Waals surface area (Å²) >= 11 is 0. The minimum absolute atomic E-state index is 0.0114. The van der Waals surface area contributed by atoms with Crippen molar-refractivity contribution in [2.45, 2.75) is 64.2 Å². The van der Waals surface area contributed by atoms with Gasteiger partial charge in [0, 0.05) is 24.6 Å². The van der Waals surface area contributed by atoms with Gasteiger partial charge in [-0.2, -0.15) is 0 Å². The van der Waals surface area contributed by atoms with Crippen molar-refractivity contribution in [1.82, 2.24) is 10.2 Å². The lowest BCUT2D eigenvalue weighted by molar-refractivity contribution is -0.123. The Bertz CT molecular complexity index is 820. The third-order valence-electron chi connectivity index (χ3n) is 6.76. The first kappa shape index (κ1) is 21.3. The molecule has 1 saturated heterocycles. The number of carbonyl (C=O) groups excluding carboxylic acids is 2. The first-order valence-electron chi connectivity index (χ1n) is 10.4. The highest BCUT2D eigenvalue weighted by molar-refractivity contribution is 5.97. The molecule has 0 aromatic heterocycles. The number of piperidine rings is 1. The number of rotatable bonds is 4. The zero-order valence-electron chi connectivity index (χ0n) is 17.9. The zero-order chi connectivity index (χ0) is 21.4. The van der Waals surface area contributed by atoms with Crippen LogP contribution in [0.3, 0.4) is 0 Å². The van der Waals surface area contributed by atoms with Crippen LogP contribution in [0.4, 0.5) is 4.79 Å². The van der Waals surface area contributed by atoms with E-state index in [9.17, 15) is 14.4 Å². The van der Waals surface area contributed by atoms with Gasteiger partial charge in [-0.25, -0.2) is 4.79 Å². The van der Waals surface area contributed by atoms with E-state index in [-0.39, 0.29) is 35.0 Å². The third-order valence-corrected chi connectivity index (χ3v) is 6.76. The van der Waals surface area contributed by atoms with E-state index < -0.39 is 6.09 Å².